The standard InChI is InChI=1S/C16H10Br2N2/c17-15-13(11-3-1-7-19-9-11)5-6-14(16(15)18)12-4-2-8-20-10-12/h1-10H. The summed E-state index contributed by atoms with van der Waals surface area (Å²) in [5, 5.41) is 0. The maximum Gasteiger partial charge on any atom is 0.0402 e. The van der Waals surface area contributed by atoms with E-state index in [1.807, 2.05) is 36.7 Å². The minimum Gasteiger partial charge on any atom is -0.264 e. The molecule has 0 N–H and O–H groups in total. The van der Waals surface area contributed by atoms with Gasteiger partial charge in [0, 0.05) is 44.9 Å². The fourth-order valence-corrected chi connectivity index (χ4v) is 3.19. The van der Waals surface area contributed by atoms with E-state index in [0.29, 0.717) is 0 Å². The molecular formula is C16H10Br2N2. The van der Waals surface area contributed by atoms with E-state index in [-0.39, 0.29) is 0 Å². The molecular weight excluding hydrogens is 380 g/mol. The number of pyridine rings is 2. The van der Waals surface area contributed by atoms with Crippen LogP contribution in [0.2, 0.25) is 0 Å². The molecule has 0 aliphatic rings. The normalized spacial score (nSPS) is 10.5. The van der Waals surface area contributed by atoms with Gasteiger partial charge >= 0.3 is 0 Å². The summed E-state index contributed by atoms with van der Waals surface area (Å²) in [4.78, 5) is 8.33. The zero-order chi connectivity index (χ0) is 13.9. The van der Waals surface area contributed by atoms with Crippen molar-refractivity contribution < 1.29 is 0 Å². The molecule has 4 heteroatoms. The van der Waals surface area contributed by atoms with Crippen LogP contribution in [-0.4, -0.2) is 9.97 Å². The van der Waals surface area contributed by atoms with Crippen molar-refractivity contribution in [3.63, 3.8) is 0 Å². The van der Waals surface area contributed by atoms with Gasteiger partial charge < -0.3 is 0 Å². The van der Waals surface area contributed by atoms with Crippen molar-refractivity contribution in [2.45, 2.75) is 0 Å². The average molecular weight is 390 g/mol. The monoisotopic (exact) mass is 388 g/mol. The van der Waals surface area contributed by atoms with E-state index in [2.05, 4.69) is 54.0 Å². The quantitative estimate of drug-likeness (QED) is 0.591. The van der Waals surface area contributed by atoms with Crippen molar-refractivity contribution in [3.05, 3.63) is 70.1 Å². The fraction of sp³-hybridized carbons (Fsp3) is 0. The number of hydrogen-bond donors (Lipinski definition) is 0. The van der Waals surface area contributed by atoms with E-state index in [4.69, 9.17) is 0 Å². The highest BCUT2D eigenvalue weighted by molar-refractivity contribution is 9.13. The summed E-state index contributed by atoms with van der Waals surface area (Å²) in [6.07, 6.45) is 7.26. The highest BCUT2D eigenvalue weighted by atomic mass is 79.9. The minimum absolute atomic E-state index is 1.02. The van der Waals surface area contributed by atoms with E-state index in [9.17, 15) is 0 Å². The van der Waals surface area contributed by atoms with Crippen LogP contribution >= 0.6 is 31.9 Å². The summed E-state index contributed by atoms with van der Waals surface area (Å²) in [7, 11) is 0. The molecule has 2 nitrogen and oxygen atoms in total. The first kappa shape index (κ1) is 13.5. The molecule has 20 heavy (non-hydrogen) atoms. The average Bonchev–Trinajstić information content (AvgIpc) is 2.52. The maximum atomic E-state index is 4.17. The number of hydrogen-bond acceptors (Lipinski definition) is 2. The molecule has 0 atom stereocenters. The Morgan fingerprint density at radius 3 is 1.45 bits per heavy atom. The maximum absolute atomic E-state index is 4.17. The number of benzene rings is 1. The van der Waals surface area contributed by atoms with E-state index < -0.39 is 0 Å². The zero-order valence-corrected chi connectivity index (χ0v) is 13.6. The number of aromatic nitrogens is 2. The molecule has 0 bridgehead atoms. The van der Waals surface area contributed by atoms with Crippen molar-refractivity contribution in [1.29, 1.82) is 0 Å². The predicted octanol–water partition coefficient (Wildman–Crippen LogP) is 5.34. The first-order valence-electron chi connectivity index (χ1n) is 6.06. The van der Waals surface area contributed by atoms with Gasteiger partial charge in [-0.1, -0.05) is 24.3 Å². The Bertz CT molecular complexity index is 664. The Morgan fingerprint density at radius 1 is 0.650 bits per heavy atom. The van der Waals surface area contributed by atoms with Crippen LogP contribution in [0.3, 0.4) is 0 Å². The molecule has 2 aromatic heterocycles. The Balaban J connectivity index is 2.13. The third kappa shape index (κ3) is 2.53. The molecule has 2 heterocycles. The Labute approximate surface area is 134 Å². The molecule has 0 saturated heterocycles. The third-order valence-corrected chi connectivity index (χ3v) is 5.21. The summed E-state index contributed by atoms with van der Waals surface area (Å²) in [6, 6.07) is 12.1. The van der Waals surface area contributed by atoms with Crippen LogP contribution < -0.4 is 0 Å². The van der Waals surface area contributed by atoms with E-state index in [0.717, 1.165) is 31.2 Å². The van der Waals surface area contributed by atoms with Gasteiger partial charge in [-0.15, -0.1) is 0 Å². The summed E-state index contributed by atoms with van der Waals surface area (Å²) in [6.45, 7) is 0. The largest absolute Gasteiger partial charge is 0.264 e. The van der Waals surface area contributed by atoms with Crippen LogP contribution in [0.25, 0.3) is 22.3 Å². The SMILES string of the molecule is Brc1c(-c2cccnc2)ccc(-c2cccnc2)c1Br. The second kappa shape index (κ2) is 5.85. The van der Waals surface area contributed by atoms with Gasteiger partial charge in [-0.25, -0.2) is 0 Å². The number of nitrogens with zero attached hydrogens (tertiary/aromatic N) is 2. The van der Waals surface area contributed by atoms with Crippen molar-refractivity contribution in [3.8, 4) is 22.3 Å². The first-order valence-corrected chi connectivity index (χ1v) is 7.65. The molecule has 0 fully saturated rings. The Morgan fingerprint density at radius 2 is 1.10 bits per heavy atom. The van der Waals surface area contributed by atoms with Gasteiger partial charge in [0.1, 0.15) is 0 Å². The molecule has 0 radical (unpaired) electrons. The lowest BCUT2D eigenvalue weighted by Crippen LogP contribution is -1.87. The summed E-state index contributed by atoms with van der Waals surface area (Å²) >= 11 is 7.34. The van der Waals surface area contributed by atoms with Gasteiger partial charge in [-0.3, -0.25) is 9.97 Å². The van der Waals surface area contributed by atoms with Gasteiger partial charge in [0.25, 0.3) is 0 Å². The Hall–Kier alpha value is -1.52. The molecule has 3 rings (SSSR count). The van der Waals surface area contributed by atoms with Crippen LogP contribution in [0, 0.1) is 0 Å². The molecule has 0 aliphatic heterocycles. The molecule has 0 unspecified atom stereocenters. The van der Waals surface area contributed by atoms with Crippen molar-refractivity contribution in [2.24, 2.45) is 0 Å². The lowest BCUT2D eigenvalue weighted by molar-refractivity contribution is 1.32. The molecule has 0 saturated carbocycles. The fourth-order valence-electron chi connectivity index (χ4n) is 2.04. The second-order valence-corrected chi connectivity index (χ2v) is 5.86. The van der Waals surface area contributed by atoms with Gasteiger partial charge in [0.15, 0.2) is 0 Å². The van der Waals surface area contributed by atoms with Crippen molar-refractivity contribution >= 4 is 31.9 Å². The van der Waals surface area contributed by atoms with E-state index in [1.165, 1.54) is 0 Å². The molecule has 0 amide bonds. The topological polar surface area (TPSA) is 25.8 Å². The summed E-state index contributed by atoms with van der Waals surface area (Å²) in [5.74, 6) is 0. The third-order valence-electron chi connectivity index (χ3n) is 3.03. The van der Waals surface area contributed by atoms with Crippen LogP contribution in [0.15, 0.2) is 70.1 Å². The van der Waals surface area contributed by atoms with E-state index >= 15 is 0 Å². The van der Waals surface area contributed by atoms with E-state index in [1.54, 1.807) is 12.4 Å². The lowest BCUT2D eigenvalue weighted by Gasteiger charge is -2.11. The summed E-state index contributed by atoms with van der Waals surface area (Å²) in [5.41, 5.74) is 4.38. The van der Waals surface area contributed by atoms with Crippen molar-refractivity contribution in [1.82, 2.24) is 9.97 Å². The van der Waals surface area contributed by atoms with Crippen molar-refractivity contribution in [2.75, 3.05) is 0 Å². The van der Waals surface area contributed by atoms with Gasteiger partial charge in [-0.2, -0.15) is 0 Å². The van der Waals surface area contributed by atoms with Crippen LogP contribution in [-0.2, 0) is 0 Å². The molecule has 3 aromatic rings. The van der Waals surface area contributed by atoms with Crippen LogP contribution in [0.5, 0.6) is 0 Å². The minimum atomic E-state index is 1.02. The zero-order valence-electron chi connectivity index (χ0n) is 10.4. The smallest absolute Gasteiger partial charge is 0.0402 e. The summed E-state index contributed by atoms with van der Waals surface area (Å²) < 4.78 is 2.04. The van der Waals surface area contributed by atoms with Gasteiger partial charge in [-0.05, 0) is 55.1 Å². The Kier molecular flexibility index (Phi) is 3.94. The first-order chi connectivity index (χ1) is 9.77. The predicted molar refractivity (Wildman–Crippen MR) is 88.3 cm³/mol. The van der Waals surface area contributed by atoms with Gasteiger partial charge in [0.2, 0.25) is 0 Å². The number of rotatable bonds is 2. The molecule has 0 spiro atoms. The lowest BCUT2D eigenvalue weighted by atomic mass is 10.0. The second-order valence-electron chi connectivity index (χ2n) is 4.27. The van der Waals surface area contributed by atoms with Crippen LogP contribution in [0.4, 0.5) is 0 Å². The van der Waals surface area contributed by atoms with Crippen LogP contribution in [0.1, 0.15) is 0 Å². The molecule has 0 aliphatic carbocycles. The molecule has 1 aromatic carbocycles. The highest BCUT2D eigenvalue weighted by Crippen LogP contribution is 2.40. The van der Waals surface area contributed by atoms with Gasteiger partial charge in [0.05, 0.1) is 0 Å². The molecule has 98 valence electrons. The number of halogens is 2. The highest BCUT2D eigenvalue weighted by Gasteiger charge is 2.12.